The second kappa shape index (κ2) is 7.21. The molecule has 2 rings (SSSR count). The molecule has 1 atom stereocenters. The number of ether oxygens (including phenoxy) is 1. The highest BCUT2D eigenvalue weighted by Gasteiger charge is 2.29. The lowest BCUT2D eigenvalue weighted by molar-refractivity contribution is -0.128. The monoisotopic (exact) mass is 293 g/mol. The third kappa shape index (κ3) is 4.04. The summed E-state index contributed by atoms with van der Waals surface area (Å²) in [7, 11) is 5.51. The number of amides is 1. The van der Waals surface area contributed by atoms with Crippen molar-refractivity contribution >= 4 is 17.5 Å². The summed E-state index contributed by atoms with van der Waals surface area (Å²) >= 11 is 0. The Hall–Kier alpha value is -1.89. The van der Waals surface area contributed by atoms with E-state index in [1.165, 1.54) is 0 Å². The van der Waals surface area contributed by atoms with Crippen molar-refractivity contribution in [2.45, 2.75) is 6.42 Å². The molecule has 0 aliphatic carbocycles. The predicted molar refractivity (Wildman–Crippen MR) is 81.4 cm³/mol. The average Bonchev–Trinajstić information content (AvgIpc) is 2.83. The van der Waals surface area contributed by atoms with Crippen molar-refractivity contribution in [1.82, 2.24) is 14.9 Å². The van der Waals surface area contributed by atoms with E-state index in [4.69, 9.17) is 4.74 Å². The van der Waals surface area contributed by atoms with Crippen LogP contribution in [0.3, 0.4) is 0 Å². The number of rotatable bonds is 7. The van der Waals surface area contributed by atoms with Crippen molar-refractivity contribution in [3.63, 3.8) is 0 Å². The van der Waals surface area contributed by atoms with Gasteiger partial charge in [-0.05, 0) is 0 Å². The van der Waals surface area contributed by atoms with E-state index in [-0.39, 0.29) is 5.91 Å². The molecule has 0 saturated carbocycles. The second-order valence-corrected chi connectivity index (χ2v) is 5.41. The van der Waals surface area contributed by atoms with Gasteiger partial charge in [0.05, 0.1) is 6.61 Å². The van der Waals surface area contributed by atoms with Crippen molar-refractivity contribution < 1.29 is 9.53 Å². The summed E-state index contributed by atoms with van der Waals surface area (Å²) in [6, 6.07) is 0. The molecule has 1 saturated heterocycles. The molecule has 21 heavy (non-hydrogen) atoms. The maximum Gasteiger partial charge on any atom is 0.223 e. The van der Waals surface area contributed by atoms with Crippen LogP contribution in [0.5, 0.6) is 0 Å². The Labute approximate surface area is 125 Å². The SMILES string of the molecule is COCCN1CC(CNc2nccnc2N(C)C)CC1=O. The van der Waals surface area contributed by atoms with Crippen LogP contribution in [0.25, 0.3) is 0 Å². The second-order valence-electron chi connectivity index (χ2n) is 5.41. The molecule has 1 aliphatic rings. The number of carbonyl (C=O) groups is 1. The van der Waals surface area contributed by atoms with Gasteiger partial charge in [0.2, 0.25) is 5.91 Å². The van der Waals surface area contributed by atoms with E-state index in [0.29, 0.717) is 25.5 Å². The molecule has 1 fully saturated rings. The van der Waals surface area contributed by atoms with Crippen LogP contribution < -0.4 is 10.2 Å². The molecular weight excluding hydrogens is 270 g/mol. The van der Waals surface area contributed by atoms with Gasteiger partial charge < -0.3 is 19.9 Å². The number of anilines is 2. The number of nitrogens with zero attached hydrogens (tertiary/aromatic N) is 4. The molecule has 1 unspecified atom stereocenters. The maximum absolute atomic E-state index is 11.9. The largest absolute Gasteiger partial charge is 0.383 e. The van der Waals surface area contributed by atoms with E-state index in [2.05, 4.69) is 15.3 Å². The number of nitrogens with one attached hydrogen (secondary N) is 1. The summed E-state index contributed by atoms with van der Waals surface area (Å²) in [4.78, 5) is 24.3. The Morgan fingerprint density at radius 3 is 2.90 bits per heavy atom. The fourth-order valence-corrected chi connectivity index (χ4v) is 2.43. The van der Waals surface area contributed by atoms with Crippen LogP contribution in [0, 0.1) is 5.92 Å². The first-order chi connectivity index (χ1) is 10.1. The van der Waals surface area contributed by atoms with Crippen LogP contribution in [0.1, 0.15) is 6.42 Å². The summed E-state index contributed by atoms with van der Waals surface area (Å²) in [6.45, 7) is 2.74. The van der Waals surface area contributed by atoms with E-state index in [9.17, 15) is 4.79 Å². The molecule has 1 aromatic heterocycles. The zero-order valence-electron chi connectivity index (χ0n) is 12.9. The molecule has 116 valence electrons. The molecular formula is C14H23N5O2. The van der Waals surface area contributed by atoms with Gasteiger partial charge in [0, 0.05) is 65.6 Å². The van der Waals surface area contributed by atoms with Gasteiger partial charge in [-0.25, -0.2) is 9.97 Å². The van der Waals surface area contributed by atoms with E-state index in [0.717, 1.165) is 24.7 Å². The van der Waals surface area contributed by atoms with Gasteiger partial charge >= 0.3 is 0 Å². The topological polar surface area (TPSA) is 70.6 Å². The van der Waals surface area contributed by atoms with Crippen LogP contribution in [0.4, 0.5) is 11.6 Å². The van der Waals surface area contributed by atoms with Crippen LogP contribution in [0.2, 0.25) is 0 Å². The Kier molecular flexibility index (Phi) is 5.32. The van der Waals surface area contributed by atoms with E-state index in [1.54, 1.807) is 19.5 Å². The highest BCUT2D eigenvalue weighted by atomic mass is 16.5. The Bertz CT molecular complexity index is 480. The summed E-state index contributed by atoms with van der Waals surface area (Å²) < 4.78 is 5.03. The summed E-state index contributed by atoms with van der Waals surface area (Å²) in [6.07, 6.45) is 3.92. The molecule has 7 heteroatoms. The Morgan fingerprint density at radius 1 is 1.43 bits per heavy atom. The van der Waals surface area contributed by atoms with Gasteiger partial charge in [0.25, 0.3) is 0 Å². The summed E-state index contributed by atoms with van der Waals surface area (Å²) in [5.74, 6) is 2.06. The third-order valence-corrected chi connectivity index (χ3v) is 3.52. The molecule has 1 amide bonds. The Morgan fingerprint density at radius 2 is 2.19 bits per heavy atom. The number of carbonyl (C=O) groups excluding carboxylic acids is 1. The highest BCUT2D eigenvalue weighted by molar-refractivity contribution is 5.78. The van der Waals surface area contributed by atoms with E-state index >= 15 is 0 Å². The number of hydrogen-bond acceptors (Lipinski definition) is 6. The third-order valence-electron chi connectivity index (χ3n) is 3.52. The van der Waals surface area contributed by atoms with E-state index < -0.39 is 0 Å². The molecule has 0 bridgehead atoms. The summed E-state index contributed by atoms with van der Waals surface area (Å²) in [5.41, 5.74) is 0. The van der Waals surface area contributed by atoms with Crippen molar-refractivity contribution in [2.24, 2.45) is 5.92 Å². The van der Waals surface area contributed by atoms with Gasteiger partial charge in [-0.15, -0.1) is 0 Å². The molecule has 1 aromatic rings. The van der Waals surface area contributed by atoms with Crippen molar-refractivity contribution in [3.8, 4) is 0 Å². The first-order valence-corrected chi connectivity index (χ1v) is 7.10. The van der Waals surface area contributed by atoms with Crippen LogP contribution in [-0.2, 0) is 9.53 Å². The van der Waals surface area contributed by atoms with Crippen LogP contribution in [0.15, 0.2) is 12.4 Å². The van der Waals surface area contributed by atoms with Crippen molar-refractivity contribution in [3.05, 3.63) is 12.4 Å². The van der Waals surface area contributed by atoms with Crippen LogP contribution in [-0.4, -0.2) is 68.2 Å². The van der Waals surface area contributed by atoms with Crippen molar-refractivity contribution in [2.75, 3.05) is 57.7 Å². The quantitative estimate of drug-likeness (QED) is 0.787. The fraction of sp³-hybridized carbons (Fsp3) is 0.643. The first kappa shape index (κ1) is 15.5. The lowest BCUT2D eigenvalue weighted by atomic mass is 10.1. The zero-order chi connectivity index (χ0) is 15.2. The zero-order valence-corrected chi connectivity index (χ0v) is 12.9. The van der Waals surface area contributed by atoms with Gasteiger partial charge in [-0.2, -0.15) is 0 Å². The fourth-order valence-electron chi connectivity index (χ4n) is 2.43. The van der Waals surface area contributed by atoms with Gasteiger partial charge in [0.15, 0.2) is 11.6 Å². The first-order valence-electron chi connectivity index (χ1n) is 7.10. The molecule has 2 heterocycles. The standard InChI is InChI=1S/C14H23N5O2/c1-18(2)14-13(15-4-5-16-14)17-9-11-8-12(20)19(10-11)6-7-21-3/h4-5,11H,6-10H2,1-3H3,(H,15,17). The smallest absolute Gasteiger partial charge is 0.223 e. The minimum Gasteiger partial charge on any atom is -0.383 e. The predicted octanol–water partition coefficient (Wildman–Crippen LogP) is 0.449. The van der Waals surface area contributed by atoms with E-state index in [1.807, 2.05) is 23.9 Å². The summed E-state index contributed by atoms with van der Waals surface area (Å²) in [5, 5.41) is 3.31. The molecule has 0 aromatic carbocycles. The lowest BCUT2D eigenvalue weighted by Crippen LogP contribution is -2.29. The molecule has 1 aliphatic heterocycles. The highest BCUT2D eigenvalue weighted by Crippen LogP contribution is 2.21. The van der Waals surface area contributed by atoms with Gasteiger partial charge in [-0.1, -0.05) is 0 Å². The lowest BCUT2D eigenvalue weighted by Gasteiger charge is -2.18. The number of hydrogen-bond donors (Lipinski definition) is 1. The van der Waals surface area contributed by atoms with Crippen LogP contribution >= 0.6 is 0 Å². The Balaban J connectivity index is 1.88. The van der Waals surface area contributed by atoms with Crippen molar-refractivity contribution in [1.29, 1.82) is 0 Å². The average molecular weight is 293 g/mol. The minimum atomic E-state index is 0.200. The normalized spacial score (nSPS) is 18.1. The minimum absolute atomic E-state index is 0.200. The molecule has 1 N–H and O–H groups in total. The maximum atomic E-state index is 11.9. The molecule has 0 radical (unpaired) electrons. The molecule has 7 nitrogen and oxygen atoms in total. The van der Waals surface area contributed by atoms with Gasteiger partial charge in [-0.3, -0.25) is 4.79 Å². The number of likely N-dealkylation sites (tertiary alicyclic amines) is 1. The molecule has 0 spiro atoms. The number of methoxy groups -OCH3 is 1. The van der Waals surface area contributed by atoms with Gasteiger partial charge in [0.1, 0.15) is 0 Å². The number of aromatic nitrogens is 2.